The maximum Gasteiger partial charge on any atom is 0.224 e. The summed E-state index contributed by atoms with van der Waals surface area (Å²) in [6.07, 6.45) is 2.27. The summed E-state index contributed by atoms with van der Waals surface area (Å²) >= 11 is 9.42. The van der Waals surface area contributed by atoms with Crippen LogP contribution in [0.1, 0.15) is 24.6 Å². The van der Waals surface area contributed by atoms with Crippen molar-refractivity contribution in [3.63, 3.8) is 0 Å². The minimum atomic E-state index is 0.425. The van der Waals surface area contributed by atoms with Crippen LogP contribution in [0.2, 0.25) is 5.15 Å². The fourth-order valence-corrected chi connectivity index (χ4v) is 2.18. The Morgan fingerprint density at radius 1 is 1.22 bits per heavy atom. The van der Waals surface area contributed by atoms with E-state index in [9.17, 15) is 0 Å². The quantitative estimate of drug-likeness (QED) is 0.776. The minimum absolute atomic E-state index is 0.425. The third kappa shape index (κ3) is 2.65. The van der Waals surface area contributed by atoms with Gasteiger partial charge in [0, 0.05) is 12.0 Å². The van der Waals surface area contributed by atoms with Gasteiger partial charge in [0.1, 0.15) is 16.7 Å². The number of ether oxygens (including phenoxy) is 1. The first-order valence-electron chi connectivity index (χ1n) is 5.69. The van der Waals surface area contributed by atoms with Crippen molar-refractivity contribution in [2.24, 2.45) is 0 Å². The van der Waals surface area contributed by atoms with Crippen LogP contribution < -0.4 is 4.74 Å². The van der Waals surface area contributed by atoms with Crippen molar-refractivity contribution in [2.75, 3.05) is 0 Å². The first-order valence-corrected chi connectivity index (χ1v) is 6.86. The molecule has 3 rings (SSSR count). The first-order chi connectivity index (χ1) is 8.72. The molecule has 1 heterocycles. The molecule has 1 fully saturated rings. The van der Waals surface area contributed by atoms with Crippen LogP contribution in [0.15, 0.2) is 34.8 Å². The van der Waals surface area contributed by atoms with Gasteiger partial charge in [-0.05, 0) is 40.9 Å². The van der Waals surface area contributed by atoms with E-state index in [0.717, 1.165) is 23.1 Å². The zero-order valence-electron chi connectivity index (χ0n) is 9.44. The van der Waals surface area contributed by atoms with Crippen molar-refractivity contribution in [2.45, 2.75) is 18.8 Å². The number of halogens is 2. The standard InChI is InChI=1S/C13H10BrClN2O/c14-9-3-1-2-4-10(9)18-12-7-11(15)16-13(17-12)8-5-6-8/h1-4,7-8H,5-6H2. The summed E-state index contributed by atoms with van der Waals surface area (Å²) in [6.45, 7) is 0. The number of hydrogen-bond donors (Lipinski definition) is 0. The Morgan fingerprint density at radius 3 is 2.72 bits per heavy atom. The molecule has 0 N–H and O–H groups in total. The summed E-state index contributed by atoms with van der Waals surface area (Å²) in [7, 11) is 0. The number of aromatic nitrogens is 2. The van der Waals surface area contributed by atoms with Crippen LogP contribution >= 0.6 is 27.5 Å². The number of para-hydroxylation sites is 1. The van der Waals surface area contributed by atoms with Crippen molar-refractivity contribution in [3.8, 4) is 11.6 Å². The molecule has 1 aliphatic carbocycles. The number of benzene rings is 1. The second-order valence-electron chi connectivity index (χ2n) is 4.19. The van der Waals surface area contributed by atoms with E-state index in [1.54, 1.807) is 6.07 Å². The van der Waals surface area contributed by atoms with Gasteiger partial charge in [-0.15, -0.1) is 0 Å². The lowest BCUT2D eigenvalue weighted by Gasteiger charge is -2.08. The van der Waals surface area contributed by atoms with E-state index in [1.165, 1.54) is 0 Å². The molecular formula is C13H10BrClN2O. The number of nitrogens with zero attached hydrogens (tertiary/aromatic N) is 2. The Hall–Kier alpha value is -1.13. The SMILES string of the molecule is Clc1cc(Oc2ccccc2Br)nc(C2CC2)n1. The lowest BCUT2D eigenvalue weighted by Crippen LogP contribution is -1.96. The van der Waals surface area contributed by atoms with Crippen LogP contribution in [-0.4, -0.2) is 9.97 Å². The van der Waals surface area contributed by atoms with Crippen molar-refractivity contribution in [1.29, 1.82) is 0 Å². The summed E-state index contributed by atoms with van der Waals surface area (Å²) in [4.78, 5) is 8.62. The average Bonchev–Trinajstić information content (AvgIpc) is 3.15. The van der Waals surface area contributed by atoms with Crippen LogP contribution in [0.3, 0.4) is 0 Å². The van der Waals surface area contributed by atoms with E-state index in [1.807, 2.05) is 24.3 Å². The molecule has 0 aliphatic heterocycles. The molecule has 92 valence electrons. The van der Waals surface area contributed by atoms with Gasteiger partial charge in [-0.3, -0.25) is 0 Å². The van der Waals surface area contributed by atoms with Crippen LogP contribution in [-0.2, 0) is 0 Å². The van der Waals surface area contributed by atoms with Crippen LogP contribution in [0.25, 0.3) is 0 Å². The molecule has 0 unspecified atom stereocenters. The van der Waals surface area contributed by atoms with E-state index in [4.69, 9.17) is 16.3 Å². The topological polar surface area (TPSA) is 35.0 Å². The Bertz CT molecular complexity index is 587. The highest BCUT2D eigenvalue weighted by atomic mass is 79.9. The number of hydrogen-bond acceptors (Lipinski definition) is 3. The second kappa shape index (κ2) is 4.86. The summed E-state index contributed by atoms with van der Waals surface area (Å²) in [5, 5.41) is 0.425. The van der Waals surface area contributed by atoms with Gasteiger partial charge in [-0.25, -0.2) is 4.98 Å². The minimum Gasteiger partial charge on any atom is -0.438 e. The zero-order chi connectivity index (χ0) is 12.5. The molecule has 2 aromatic rings. The molecule has 1 aliphatic rings. The Morgan fingerprint density at radius 2 is 2.00 bits per heavy atom. The molecule has 0 bridgehead atoms. The molecule has 18 heavy (non-hydrogen) atoms. The second-order valence-corrected chi connectivity index (χ2v) is 5.44. The third-order valence-corrected chi connectivity index (χ3v) is 3.53. The highest BCUT2D eigenvalue weighted by Gasteiger charge is 2.27. The zero-order valence-corrected chi connectivity index (χ0v) is 11.8. The predicted octanol–water partition coefficient (Wildman–Crippen LogP) is 4.56. The molecule has 0 amide bonds. The van der Waals surface area contributed by atoms with Crippen molar-refractivity contribution >= 4 is 27.5 Å². The monoisotopic (exact) mass is 324 g/mol. The van der Waals surface area contributed by atoms with E-state index in [-0.39, 0.29) is 0 Å². The third-order valence-electron chi connectivity index (χ3n) is 2.68. The number of rotatable bonds is 3. The van der Waals surface area contributed by atoms with E-state index < -0.39 is 0 Å². The maximum atomic E-state index is 5.99. The fraction of sp³-hybridized carbons (Fsp3) is 0.231. The molecule has 1 saturated carbocycles. The highest BCUT2D eigenvalue weighted by molar-refractivity contribution is 9.10. The molecule has 1 aromatic carbocycles. The molecule has 0 radical (unpaired) electrons. The van der Waals surface area contributed by atoms with Gasteiger partial charge in [0.05, 0.1) is 4.47 Å². The lowest BCUT2D eigenvalue weighted by molar-refractivity contribution is 0.456. The molecule has 0 atom stereocenters. The molecule has 0 saturated heterocycles. The molecule has 0 spiro atoms. The van der Waals surface area contributed by atoms with Crippen molar-refractivity contribution in [1.82, 2.24) is 9.97 Å². The summed E-state index contributed by atoms with van der Waals surface area (Å²) in [6, 6.07) is 9.26. The van der Waals surface area contributed by atoms with Gasteiger partial charge in [0.25, 0.3) is 0 Å². The van der Waals surface area contributed by atoms with E-state index in [2.05, 4.69) is 25.9 Å². The first kappa shape index (κ1) is 11.9. The molecule has 5 heteroatoms. The van der Waals surface area contributed by atoms with E-state index >= 15 is 0 Å². The van der Waals surface area contributed by atoms with Crippen LogP contribution in [0.4, 0.5) is 0 Å². The van der Waals surface area contributed by atoms with Gasteiger partial charge in [-0.2, -0.15) is 4.98 Å². The summed E-state index contributed by atoms with van der Waals surface area (Å²) in [5.74, 6) is 2.44. The largest absolute Gasteiger partial charge is 0.438 e. The van der Waals surface area contributed by atoms with Gasteiger partial charge >= 0.3 is 0 Å². The van der Waals surface area contributed by atoms with Gasteiger partial charge < -0.3 is 4.74 Å². The van der Waals surface area contributed by atoms with Crippen LogP contribution in [0, 0.1) is 0 Å². The van der Waals surface area contributed by atoms with Gasteiger partial charge in [0.2, 0.25) is 5.88 Å². The van der Waals surface area contributed by atoms with Gasteiger partial charge in [-0.1, -0.05) is 23.7 Å². The average molecular weight is 326 g/mol. The lowest BCUT2D eigenvalue weighted by atomic mass is 10.3. The summed E-state index contributed by atoms with van der Waals surface area (Å²) < 4.78 is 6.61. The van der Waals surface area contributed by atoms with Crippen molar-refractivity contribution < 1.29 is 4.74 Å². The molecule has 1 aromatic heterocycles. The van der Waals surface area contributed by atoms with Crippen LogP contribution in [0.5, 0.6) is 11.6 Å². The van der Waals surface area contributed by atoms with Crippen molar-refractivity contribution in [3.05, 3.63) is 45.8 Å². The molecular weight excluding hydrogens is 316 g/mol. The van der Waals surface area contributed by atoms with Gasteiger partial charge in [0.15, 0.2) is 0 Å². The summed E-state index contributed by atoms with van der Waals surface area (Å²) in [5.41, 5.74) is 0. The Labute approximate surface area is 118 Å². The molecule has 3 nitrogen and oxygen atoms in total. The Balaban J connectivity index is 1.90. The fourth-order valence-electron chi connectivity index (χ4n) is 1.63. The highest BCUT2D eigenvalue weighted by Crippen LogP contribution is 2.39. The predicted molar refractivity (Wildman–Crippen MR) is 73.2 cm³/mol. The van der Waals surface area contributed by atoms with E-state index in [0.29, 0.717) is 22.7 Å². The maximum absolute atomic E-state index is 5.99. The normalized spacial score (nSPS) is 14.6. The smallest absolute Gasteiger partial charge is 0.224 e. The Kier molecular flexibility index (Phi) is 3.22.